The van der Waals surface area contributed by atoms with Crippen molar-refractivity contribution in [2.24, 2.45) is 4.99 Å². The van der Waals surface area contributed by atoms with Crippen molar-refractivity contribution in [1.29, 1.82) is 0 Å². The van der Waals surface area contributed by atoms with Gasteiger partial charge in [-0.15, -0.1) is 0 Å². The molecule has 1 N–H and O–H groups in total. The van der Waals surface area contributed by atoms with Crippen LogP contribution in [0.25, 0.3) is 11.8 Å². The monoisotopic (exact) mass is 710 g/mol. The summed E-state index contributed by atoms with van der Waals surface area (Å²) in [5, 5.41) is 9.55. The molecule has 0 spiro atoms. The summed E-state index contributed by atoms with van der Waals surface area (Å²) in [6.45, 7) is 1.91. The van der Waals surface area contributed by atoms with Crippen molar-refractivity contribution in [3.8, 4) is 17.2 Å². The van der Waals surface area contributed by atoms with Gasteiger partial charge >= 0.3 is 11.9 Å². The molecular formula is C38H31ClN2O8S. The van der Waals surface area contributed by atoms with E-state index in [1.165, 1.54) is 35.1 Å². The molecule has 0 bridgehead atoms. The second-order valence-corrected chi connectivity index (χ2v) is 12.5. The highest BCUT2D eigenvalue weighted by Crippen LogP contribution is 2.38. The van der Waals surface area contributed by atoms with Crippen LogP contribution in [-0.4, -0.2) is 42.4 Å². The summed E-state index contributed by atoms with van der Waals surface area (Å²) in [7, 11) is 3.02. The number of rotatable bonds is 11. The molecule has 1 aliphatic rings. The summed E-state index contributed by atoms with van der Waals surface area (Å²) in [6, 6.07) is 25.4. The maximum absolute atomic E-state index is 14.3. The highest BCUT2D eigenvalue weighted by Gasteiger charge is 2.35. The first-order valence-electron chi connectivity index (χ1n) is 15.5. The van der Waals surface area contributed by atoms with Crippen molar-refractivity contribution in [1.82, 2.24) is 4.57 Å². The minimum Gasteiger partial charge on any atom is -0.497 e. The standard InChI is InChI=1S/C38H31ClN2O8S/c1-4-48-37(45)31-32(24-11-6-5-7-12-24)40-38-41(33(31)25-13-9-15-27(20-25)46-2)35(42)30(50-38)19-23-17-28(39)34(29(18-23)47-3)49-21-22-10-8-14-26(16-22)36(43)44/h5-20,33H,4,21H2,1-3H3,(H,43,44)/b30-19+/t33-/m1/s1. The molecule has 0 aliphatic carbocycles. The van der Waals surface area contributed by atoms with Crippen LogP contribution in [-0.2, 0) is 16.1 Å². The number of benzene rings is 4. The lowest BCUT2D eigenvalue weighted by atomic mass is 9.93. The van der Waals surface area contributed by atoms with Crippen LogP contribution in [0.4, 0.5) is 0 Å². The Labute approximate surface area is 295 Å². The molecule has 0 unspecified atom stereocenters. The summed E-state index contributed by atoms with van der Waals surface area (Å²) < 4.78 is 24.4. The van der Waals surface area contributed by atoms with Gasteiger partial charge < -0.3 is 24.1 Å². The number of hydrogen-bond acceptors (Lipinski definition) is 9. The third kappa shape index (κ3) is 6.91. The van der Waals surface area contributed by atoms with E-state index in [-0.39, 0.29) is 40.7 Å². The zero-order valence-corrected chi connectivity index (χ0v) is 28.8. The number of carbonyl (C=O) groups is 2. The van der Waals surface area contributed by atoms with Gasteiger partial charge in [-0.3, -0.25) is 9.36 Å². The topological polar surface area (TPSA) is 126 Å². The molecule has 0 saturated heterocycles. The number of fused-ring (bicyclic) bond motifs is 1. The molecule has 254 valence electrons. The maximum Gasteiger partial charge on any atom is 0.338 e. The Morgan fingerprint density at radius 3 is 2.48 bits per heavy atom. The van der Waals surface area contributed by atoms with Gasteiger partial charge in [-0.2, -0.15) is 0 Å². The third-order valence-corrected chi connectivity index (χ3v) is 9.15. The Kier molecular flexibility index (Phi) is 10.2. The molecular weight excluding hydrogens is 680 g/mol. The summed E-state index contributed by atoms with van der Waals surface area (Å²) in [6.07, 6.45) is 1.68. The summed E-state index contributed by atoms with van der Waals surface area (Å²) in [4.78, 5) is 44.7. The Hall–Kier alpha value is -5.65. The van der Waals surface area contributed by atoms with Crippen molar-refractivity contribution in [2.75, 3.05) is 20.8 Å². The molecule has 1 atom stereocenters. The molecule has 0 fully saturated rings. The highest BCUT2D eigenvalue weighted by molar-refractivity contribution is 7.07. The Morgan fingerprint density at radius 1 is 0.980 bits per heavy atom. The fourth-order valence-corrected chi connectivity index (χ4v) is 6.91. The van der Waals surface area contributed by atoms with Gasteiger partial charge in [0.2, 0.25) is 0 Å². The van der Waals surface area contributed by atoms with Gasteiger partial charge in [0.15, 0.2) is 16.3 Å². The van der Waals surface area contributed by atoms with E-state index in [2.05, 4.69) is 0 Å². The predicted molar refractivity (Wildman–Crippen MR) is 190 cm³/mol. The molecule has 0 amide bonds. The molecule has 6 rings (SSSR count). The van der Waals surface area contributed by atoms with Crippen LogP contribution in [0, 0.1) is 0 Å². The zero-order chi connectivity index (χ0) is 35.4. The third-order valence-electron chi connectivity index (χ3n) is 7.89. The summed E-state index contributed by atoms with van der Waals surface area (Å²) >= 11 is 7.86. The molecule has 1 aromatic heterocycles. The first-order chi connectivity index (χ1) is 24.2. The first kappa shape index (κ1) is 34.2. The number of nitrogens with zero attached hydrogens (tertiary/aromatic N) is 2. The quantitative estimate of drug-likeness (QED) is 0.169. The first-order valence-corrected chi connectivity index (χ1v) is 16.7. The lowest BCUT2D eigenvalue weighted by molar-refractivity contribution is -0.138. The SMILES string of the molecule is CCOC(=O)C1=C(c2ccccc2)N=c2s/c(=C/c3cc(Cl)c(OCc4cccc(C(=O)O)c4)c(OC)c3)c(=O)n2[C@@H]1c1cccc(OC)c1. The minimum absolute atomic E-state index is 0.0476. The zero-order valence-electron chi connectivity index (χ0n) is 27.2. The van der Waals surface area contributed by atoms with E-state index in [9.17, 15) is 19.5 Å². The number of esters is 1. The van der Waals surface area contributed by atoms with Crippen LogP contribution in [0.1, 0.15) is 45.6 Å². The second kappa shape index (κ2) is 14.9. The van der Waals surface area contributed by atoms with Gasteiger partial charge in [-0.05, 0) is 66.1 Å². The van der Waals surface area contributed by atoms with E-state index >= 15 is 0 Å². The molecule has 1 aliphatic heterocycles. The number of carboxylic acids is 1. The van der Waals surface area contributed by atoms with E-state index in [1.54, 1.807) is 62.6 Å². The Bertz CT molecular complexity index is 2310. The molecule has 2 heterocycles. The van der Waals surface area contributed by atoms with Gasteiger partial charge in [0.25, 0.3) is 5.56 Å². The Morgan fingerprint density at radius 2 is 1.76 bits per heavy atom. The fraction of sp³-hybridized carbons (Fsp3) is 0.158. The molecule has 50 heavy (non-hydrogen) atoms. The number of thiazole rings is 1. The Balaban J connectivity index is 1.47. The normalized spacial score (nSPS) is 14.1. The molecule has 10 nitrogen and oxygen atoms in total. The van der Waals surface area contributed by atoms with E-state index in [4.69, 9.17) is 35.5 Å². The summed E-state index contributed by atoms with van der Waals surface area (Å²) in [5.41, 5.74) is 2.93. The fourth-order valence-electron chi connectivity index (χ4n) is 5.63. The van der Waals surface area contributed by atoms with E-state index in [0.29, 0.717) is 48.8 Å². The maximum atomic E-state index is 14.3. The average molecular weight is 711 g/mol. The number of aromatic carboxylic acids is 1. The van der Waals surface area contributed by atoms with Crippen molar-refractivity contribution >= 4 is 46.6 Å². The van der Waals surface area contributed by atoms with Gasteiger partial charge in [0, 0.05) is 5.56 Å². The van der Waals surface area contributed by atoms with Gasteiger partial charge in [0.05, 0.1) is 53.3 Å². The lowest BCUT2D eigenvalue weighted by Crippen LogP contribution is -2.40. The van der Waals surface area contributed by atoms with Crippen molar-refractivity contribution in [2.45, 2.75) is 19.6 Å². The number of halogens is 1. The van der Waals surface area contributed by atoms with Crippen LogP contribution < -0.4 is 29.1 Å². The van der Waals surface area contributed by atoms with Gasteiger partial charge in [-0.25, -0.2) is 14.6 Å². The highest BCUT2D eigenvalue weighted by atomic mass is 35.5. The number of hydrogen-bond donors (Lipinski definition) is 1. The largest absolute Gasteiger partial charge is 0.497 e. The van der Waals surface area contributed by atoms with Gasteiger partial charge in [-0.1, -0.05) is 77.5 Å². The molecule has 0 radical (unpaired) electrons. The minimum atomic E-state index is -1.04. The summed E-state index contributed by atoms with van der Waals surface area (Å²) in [5.74, 6) is -0.488. The smallest absolute Gasteiger partial charge is 0.338 e. The number of ether oxygens (including phenoxy) is 4. The molecule has 12 heteroatoms. The molecule has 5 aromatic rings. The van der Waals surface area contributed by atoms with Gasteiger partial charge in [0.1, 0.15) is 12.4 Å². The molecule has 4 aromatic carbocycles. The van der Waals surface area contributed by atoms with E-state index < -0.39 is 18.0 Å². The second-order valence-electron chi connectivity index (χ2n) is 11.0. The van der Waals surface area contributed by atoms with E-state index in [1.807, 2.05) is 36.4 Å². The predicted octanol–water partition coefficient (Wildman–Crippen LogP) is 5.88. The van der Waals surface area contributed by atoms with E-state index in [0.717, 1.165) is 0 Å². The van der Waals surface area contributed by atoms with Crippen LogP contribution in [0.15, 0.2) is 106 Å². The van der Waals surface area contributed by atoms with Crippen molar-refractivity contribution in [3.63, 3.8) is 0 Å². The number of carboxylic acid groups (broad SMARTS) is 1. The van der Waals surface area contributed by atoms with Crippen LogP contribution >= 0.6 is 22.9 Å². The van der Waals surface area contributed by atoms with Crippen LogP contribution in [0.2, 0.25) is 5.02 Å². The number of carbonyl (C=O) groups excluding carboxylic acids is 1. The van der Waals surface area contributed by atoms with Crippen LogP contribution in [0.3, 0.4) is 0 Å². The average Bonchev–Trinajstić information content (AvgIpc) is 3.44. The molecule has 0 saturated carbocycles. The lowest BCUT2D eigenvalue weighted by Gasteiger charge is -2.26. The van der Waals surface area contributed by atoms with Crippen molar-refractivity contribution in [3.05, 3.63) is 149 Å². The van der Waals surface area contributed by atoms with Crippen LogP contribution in [0.5, 0.6) is 17.2 Å². The number of methoxy groups -OCH3 is 2. The number of aromatic nitrogens is 1. The van der Waals surface area contributed by atoms with Crippen molar-refractivity contribution < 1.29 is 33.6 Å².